The molecule has 64 valence electrons. The average Bonchev–Trinajstić information content (AvgIpc) is 2.92. The van der Waals surface area contributed by atoms with Gasteiger partial charge in [0.25, 0.3) is 0 Å². The average molecular weight is 160 g/mol. The molecule has 0 aromatic heterocycles. The van der Waals surface area contributed by atoms with Crippen LogP contribution in [0.1, 0.15) is 25.7 Å². The van der Waals surface area contributed by atoms with E-state index < -0.39 is 0 Å². The summed E-state index contributed by atoms with van der Waals surface area (Å²) in [6.07, 6.45) is 6.63. The molecule has 0 aromatic rings. The summed E-state index contributed by atoms with van der Waals surface area (Å²) in [5, 5.41) is 0. The molecule has 5 aliphatic rings. The van der Waals surface area contributed by atoms with Crippen LogP contribution in [-0.2, 0) is 0 Å². The Hall–Kier alpha value is 0. The standard InChI is InChI=1S/C12H16/c1-5-2-10-9-4-11(8-3-7(8)9)12(10)6(1)5/h5-12H,1-4H2/t5-,6-,7+,8-,9-,10?,11+,12?/m0/s1. The van der Waals surface area contributed by atoms with Gasteiger partial charge in [0.2, 0.25) is 0 Å². The maximum atomic E-state index is 1.67. The van der Waals surface area contributed by atoms with Crippen molar-refractivity contribution < 1.29 is 0 Å². The van der Waals surface area contributed by atoms with Crippen molar-refractivity contribution in [2.75, 3.05) is 0 Å². The molecule has 8 atom stereocenters. The molecule has 0 nitrogen and oxygen atoms in total. The van der Waals surface area contributed by atoms with Gasteiger partial charge in [0.15, 0.2) is 0 Å². The van der Waals surface area contributed by atoms with E-state index >= 15 is 0 Å². The maximum Gasteiger partial charge on any atom is -0.0321 e. The van der Waals surface area contributed by atoms with Gasteiger partial charge in [-0.05, 0) is 73.0 Å². The highest BCUT2D eigenvalue weighted by Gasteiger charge is 2.71. The lowest BCUT2D eigenvalue weighted by atomic mass is 9.79. The lowest BCUT2D eigenvalue weighted by Crippen LogP contribution is -2.21. The minimum Gasteiger partial charge on any atom is -0.0468 e. The second-order valence-electron chi connectivity index (χ2n) is 6.26. The molecule has 5 aliphatic carbocycles. The highest BCUT2D eigenvalue weighted by molar-refractivity contribution is 5.19. The Bertz CT molecular complexity index is 265. The number of rotatable bonds is 0. The van der Waals surface area contributed by atoms with E-state index in [1.165, 1.54) is 47.3 Å². The van der Waals surface area contributed by atoms with Gasteiger partial charge in [0.1, 0.15) is 0 Å². The minimum absolute atomic E-state index is 1.24. The van der Waals surface area contributed by atoms with Crippen LogP contribution in [0.25, 0.3) is 0 Å². The summed E-state index contributed by atoms with van der Waals surface area (Å²) in [6.45, 7) is 0. The van der Waals surface area contributed by atoms with Crippen LogP contribution in [0, 0.1) is 47.3 Å². The Morgan fingerprint density at radius 1 is 0.500 bits per heavy atom. The molecule has 0 radical (unpaired) electrons. The SMILES string of the molecule is C1C2C([C@H]3C[C@@H]13)[C@@H]1C[C@H]2[C@@H]2C[C@@H]21. The first-order chi connectivity index (χ1) is 5.93. The Morgan fingerprint density at radius 3 is 2.00 bits per heavy atom. The number of fused-ring (bicyclic) bond motifs is 10. The molecule has 5 saturated carbocycles. The molecule has 2 bridgehead atoms. The fourth-order valence-electron chi connectivity index (χ4n) is 5.75. The quantitative estimate of drug-likeness (QED) is 0.511. The molecule has 0 N–H and O–H groups in total. The van der Waals surface area contributed by atoms with Crippen molar-refractivity contribution in [1.82, 2.24) is 0 Å². The summed E-state index contributed by atoms with van der Waals surface area (Å²) in [4.78, 5) is 0. The smallest absolute Gasteiger partial charge is 0.0321 e. The van der Waals surface area contributed by atoms with Crippen molar-refractivity contribution in [3.63, 3.8) is 0 Å². The lowest BCUT2D eigenvalue weighted by Gasteiger charge is -2.26. The van der Waals surface area contributed by atoms with Crippen LogP contribution in [0.5, 0.6) is 0 Å². The van der Waals surface area contributed by atoms with Gasteiger partial charge in [-0.2, -0.15) is 0 Å². The van der Waals surface area contributed by atoms with E-state index in [-0.39, 0.29) is 0 Å². The third kappa shape index (κ3) is 0.418. The van der Waals surface area contributed by atoms with Gasteiger partial charge in [0.05, 0.1) is 0 Å². The van der Waals surface area contributed by atoms with Gasteiger partial charge >= 0.3 is 0 Å². The van der Waals surface area contributed by atoms with E-state index in [2.05, 4.69) is 0 Å². The van der Waals surface area contributed by atoms with Crippen molar-refractivity contribution in [1.29, 1.82) is 0 Å². The summed E-state index contributed by atoms with van der Waals surface area (Å²) < 4.78 is 0. The van der Waals surface area contributed by atoms with Crippen LogP contribution >= 0.6 is 0 Å². The van der Waals surface area contributed by atoms with Crippen LogP contribution in [0.15, 0.2) is 0 Å². The van der Waals surface area contributed by atoms with Gasteiger partial charge in [0, 0.05) is 0 Å². The summed E-state index contributed by atoms with van der Waals surface area (Å²) in [6, 6.07) is 0. The van der Waals surface area contributed by atoms with E-state index in [0.29, 0.717) is 0 Å². The molecule has 0 aromatic carbocycles. The Kier molecular flexibility index (Phi) is 0.663. The summed E-state index contributed by atoms with van der Waals surface area (Å²) >= 11 is 0. The molecule has 5 fully saturated rings. The van der Waals surface area contributed by atoms with Crippen LogP contribution in [0.4, 0.5) is 0 Å². The van der Waals surface area contributed by atoms with Gasteiger partial charge in [-0.1, -0.05) is 0 Å². The van der Waals surface area contributed by atoms with Gasteiger partial charge in [-0.15, -0.1) is 0 Å². The fraction of sp³-hybridized carbons (Fsp3) is 1.00. The van der Waals surface area contributed by atoms with Crippen molar-refractivity contribution in [2.24, 2.45) is 47.3 Å². The van der Waals surface area contributed by atoms with E-state index in [0.717, 1.165) is 0 Å². The molecular weight excluding hydrogens is 144 g/mol. The largest absolute Gasteiger partial charge is 0.0468 e. The van der Waals surface area contributed by atoms with Crippen molar-refractivity contribution in [3.8, 4) is 0 Å². The van der Waals surface area contributed by atoms with Crippen molar-refractivity contribution >= 4 is 0 Å². The van der Waals surface area contributed by atoms with Crippen LogP contribution in [0.3, 0.4) is 0 Å². The summed E-state index contributed by atoms with van der Waals surface area (Å²) in [5.41, 5.74) is 0. The molecule has 0 aliphatic heterocycles. The summed E-state index contributed by atoms with van der Waals surface area (Å²) in [7, 11) is 0. The molecule has 12 heavy (non-hydrogen) atoms. The van der Waals surface area contributed by atoms with Crippen LogP contribution < -0.4 is 0 Å². The Balaban J connectivity index is 1.66. The third-order valence-electron chi connectivity index (χ3n) is 6.12. The molecule has 5 rings (SSSR count). The Labute approximate surface area is 73.7 Å². The van der Waals surface area contributed by atoms with Crippen LogP contribution in [-0.4, -0.2) is 0 Å². The molecule has 0 spiro atoms. The number of hydrogen-bond donors (Lipinski definition) is 0. The zero-order valence-corrected chi connectivity index (χ0v) is 7.45. The Morgan fingerprint density at radius 2 is 1.08 bits per heavy atom. The first-order valence-corrected chi connectivity index (χ1v) is 5.93. The third-order valence-corrected chi connectivity index (χ3v) is 6.12. The monoisotopic (exact) mass is 160 g/mol. The van der Waals surface area contributed by atoms with E-state index in [1.807, 2.05) is 0 Å². The van der Waals surface area contributed by atoms with Crippen LogP contribution in [0.2, 0.25) is 0 Å². The normalized spacial score (nSPS) is 80.0. The molecule has 0 saturated heterocycles. The molecule has 2 unspecified atom stereocenters. The van der Waals surface area contributed by atoms with E-state index in [9.17, 15) is 0 Å². The topological polar surface area (TPSA) is 0 Å². The first kappa shape index (κ1) is 5.67. The molecule has 0 amide bonds. The molecular formula is C12H16. The zero-order valence-electron chi connectivity index (χ0n) is 7.45. The molecule has 0 heteroatoms. The second kappa shape index (κ2) is 1.40. The van der Waals surface area contributed by atoms with E-state index in [1.54, 1.807) is 25.7 Å². The molecule has 0 heterocycles. The lowest BCUT2D eigenvalue weighted by molar-refractivity contribution is 0.214. The van der Waals surface area contributed by atoms with E-state index in [4.69, 9.17) is 0 Å². The van der Waals surface area contributed by atoms with Crippen molar-refractivity contribution in [3.05, 3.63) is 0 Å². The first-order valence-electron chi connectivity index (χ1n) is 5.93. The maximum absolute atomic E-state index is 1.67. The predicted octanol–water partition coefficient (Wildman–Crippen LogP) is 2.54. The zero-order chi connectivity index (χ0) is 7.45. The highest BCUT2D eigenvalue weighted by Crippen LogP contribution is 2.78. The summed E-state index contributed by atoms with van der Waals surface area (Å²) in [5.74, 6) is 10.0. The highest BCUT2D eigenvalue weighted by atomic mass is 14.8. The number of hydrogen-bond acceptors (Lipinski definition) is 0. The van der Waals surface area contributed by atoms with Gasteiger partial charge in [-0.25, -0.2) is 0 Å². The minimum atomic E-state index is 1.24. The second-order valence-corrected chi connectivity index (χ2v) is 6.26. The van der Waals surface area contributed by atoms with Crippen molar-refractivity contribution in [2.45, 2.75) is 25.7 Å². The van der Waals surface area contributed by atoms with Gasteiger partial charge in [-0.3, -0.25) is 0 Å². The predicted molar refractivity (Wildman–Crippen MR) is 46.4 cm³/mol. The van der Waals surface area contributed by atoms with Gasteiger partial charge < -0.3 is 0 Å². The fourth-order valence-corrected chi connectivity index (χ4v) is 5.75.